The minimum absolute atomic E-state index is 0.337. The Morgan fingerprint density at radius 3 is 2.76 bits per heavy atom. The lowest BCUT2D eigenvalue weighted by molar-refractivity contribution is 0.0634. The number of hydrogen-bond donors (Lipinski definition) is 2. The van der Waals surface area contributed by atoms with E-state index in [9.17, 15) is 5.11 Å². The van der Waals surface area contributed by atoms with Crippen LogP contribution in [0, 0.1) is 0 Å². The first-order chi connectivity index (χ1) is 10.1. The van der Waals surface area contributed by atoms with Crippen molar-refractivity contribution in [1.82, 2.24) is 5.32 Å². The minimum Gasteiger partial charge on any atom is -0.379 e. The Morgan fingerprint density at radius 2 is 2.05 bits per heavy atom. The third kappa shape index (κ3) is 2.91. The maximum absolute atomic E-state index is 11.5. The summed E-state index contributed by atoms with van der Waals surface area (Å²) in [5.74, 6) is 0. The first-order valence-electron chi connectivity index (χ1n) is 7.70. The number of benzene rings is 1. The van der Waals surface area contributed by atoms with Crippen LogP contribution >= 0.6 is 11.3 Å². The smallest absolute Gasteiger partial charge is 0.125 e. The highest BCUT2D eigenvalue weighted by molar-refractivity contribution is 7.10. The molecule has 2 atom stereocenters. The monoisotopic (exact) mass is 301 g/mol. The van der Waals surface area contributed by atoms with Gasteiger partial charge in [0.05, 0.1) is 0 Å². The summed E-state index contributed by atoms with van der Waals surface area (Å²) in [6.07, 6.45) is 2.83. The van der Waals surface area contributed by atoms with Crippen LogP contribution in [0.5, 0.6) is 0 Å². The number of aliphatic hydroxyl groups is 1. The number of aryl methyl sites for hydroxylation is 1. The zero-order valence-electron chi connectivity index (χ0n) is 12.7. The molecule has 2 unspecified atom stereocenters. The van der Waals surface area contributed by atoms with E-state index >= 15 is 0 Å². The van der Waals surface area contributed by atoms with Crippen molar-refractivity contribution in [3.63, 3.8) is 0 Å². The second-order valence-electron chi connectivity index (χ2n) is 6.26. The van der Waals surface area contributed by atoms with Crippen molar-refractivity contribution in [3.05, 3.63) is 57.8 Å². The van der Waals surface area contributed by atoms with E-state index in [1.54, 1.807) is 11.3 Å². The van der Waals surface area contributed by atoms with Crippen LogP contribution in [0.1, 0.15) is 42.7 Å². The summed E-state index contributed by atoms with van der Waals surface area (Å²) in [7, 11) is 0. The molecular weight excluding hydrogens is 278 g/mol. The van der Waals surface area contributed by atoms with Crippen molar-refractivity contribution < 1.29 is 5.11 Å². The van der Waals surface area contributed by atoms with Crippen LogP contribution in [0.3, 0.4) is 0 Å². The Kier molecular flexibility index (Phi) is 4.16. The van der Waals surface area contributed by atoms with Crippen molar-refractivity contribution in [1.29, 1.82) is 0 Å². The van der Waals surface area contributed by atoms with Crippen LogP contribution in [-0.2, 0) is 12.0 Å². The molecule has 0 spiro atoms. The molecule has 0 amide bonds. The van der Waals surface area contributed by atoms with Gasteiger partial charge >= 0.3 is 0 Å². The van der Waals surface area contributed by atoms with Gasteiger partial charge in [-0.1, -0.05) is 44.2 Å². The van der Waals surface area contributed by atoms with Crippen LogP contribution in [-0.4, -0.2) is 17.2 Å². The normalized spacial score (nSPS) is 25.6. The maximum Gasteiger partial charge on any atom is 0.125 e. The quantitative estimate of drug-likeness (QED) is 0.848. The molecule has 1 heterocycles. The topological polar surface area (TPSA) is 32.3 Å². The molecule has 3 rings (SSSR count). The van der Waals surface area contributed by atoms with Crippen molar-refractivity contribution in [3.8, 4) is 0 Å². The lowest BCUT2D eigenvalue weighted by atomic mass is 9.85. The van der Waals surface area contributed by atoms with E-state index in [4.69, 9.17) is 0 Å². The van der Waals surface area contributed by atoms with Gasteiger partial charge in [0.2, 0.25) is 0 Å². The summed E-state index contributed by atoms with van der Waals surface area (Å²) in [5, 5.41) is 17.2. The Labute approximate surface area is 130 Å². The average Bonchev–Trinajstić information content (AvgIpc) is 2.95. The van der Waals surface area contributed by atoms with E-state index in [0.29, 0.717) is 12.1 Å². The maximum atomic E-state index is 11.5. The molecule has 1 aliphatic rings. The second kappa shape index (κ2) is 5.91. The fourth-order valence-electron chi connectivity index (χ4n) is 3.40. The summed E-state index contributed by atoms with van der Waals surface area (Å²) < 4.78 is 0. The molecular formula is C18H23NOS. The Bertz CT molecular complexity index is 593. The summed E-state index contributed by atoms with van der Waals surface area (Å²) in [6.45, 7) is 4.34. The number of hydrogen-bond acceptors (Lipinski definition) is 3. The molecule has 1 aromatic carbocycles. The van der Waals surface area contributed by atoms with Crippen molar-refractivity contribution in [2.45, 2.75) is 50.8 Å². The fraction of sp³-hybridized carbons (Fsp3) is 0.444. The predicted octanol–water partition coefficient (Wildman–Crippen LogP) is 3.69. The minimum atomic E-state index is -0.867. The Balaban J connectivity index is 2.04. The van der Waals surface area contributed by atoms with E-state index in [-0.39, 0.29) is 0 Å². The highest BCUT2D eigenvalue weighted by atomic mass is 32.1. The third-order valence-electron chi connectivity index (χ3n) is 4.26. The lowest BCUT2D eigenvalue weighted by Crippen LogP contribution is -2.40. The van der Waals surface area contributed by atoms with Crippen LogP contribution in [0.2, 0.25) is 0 Å². The molecule has 2 N–H and O–H groups in total. The van der Waals surface area contributed by atoms with E-state index in [1.807, 2.05) is 17.5 Å². The van der Waals surface area contributed by atoms with Gasteiger partial charge in [0.15, 0.2) is 0 Å². The van der Waals surface area contributed by atoms with Crippen LogP contribution in [0.4, 0.5) is 0 Å². The Morgan fingerprint density at radius 1 is 1.24 bits per heavy atom. The van der Waals surface area contributed by atoms with E-state index in [2.05, 4.69) is 43.4 Å². The van der Waals surface area contributed by atoms with Gasteiger partial charge in [-0.2, -0.15) is 0 Å². The van der Waals surface area contributed by atoms with Gasteiger partial charge in [-0.3, -0.25) is 0 Å². The van der Waals surface area contributed by atoms with Gasteiger partial charge in [-0.05, 0) is 35.4 Å². The van der Waals surface area contributed by atoms with Crippen LogP contribution < -0.4 is 5.32 Å². The van der Waals surface area contributed by atoms with Crippen molar-refractivity contribution >= 4 is 11.3 Å². The third-order valence-corrected chi connectivity index (χ3v) is 5.29. The van der Waals surface area contributed by atoms with Crippen LogP contribution in [0.15, 0.2) is 41.8 Å². The standard InChI is InChI=1S/C18H23NOS/c1-13(2)19-15-10-9-14-6-3-4-7-16(14)18(20,12-15)17-8-5-11-21-17/h3-8,11,13,15,19-20H,9-10,12H2,1-2H3. The fourth-order valence-corrected chi connectivity index (χ4v) is 4.25. The van der Waals surface area contributed by atoms with Gasteiger partial charge in [-0.25, -0.2) is 0 Å². The molecule has 0 aliphatic heterocycles. The Hall–Kier alpha value is -1.16. The first kappa shape index (κ1) is 14.8. The van der Waals surface area contributed by atoms with Crippen LogP contribution in [0.25, 0.3) is 0 Å². The van der Waals surface area contributed by atoms with E-state index in [0.717, 1.165) is 29.7 Å². The summed E-state index contributed by atoms with van der Waals surface area (Å²) in [6, 6.07) is 13.2. The number of thiophene rings is 1. The molecule has 3 heteroatoms. The van der Waals surface area contributed by atoms with Crippen molar-refractivity contribution in [2.75, 3.05) is 0 Å². The summed E-state index contributed by atoms with van der Waals surface area (Å²) in [5.41, 5.74) is 1.50. The predicted molar refractivity (Wildman–Crippen MR) is 88.8 cm³/mol. The number of fused-ring (bicyclic) bond motifs is 1. The largest absolute Gasteiger partial charge is 0.379 e. The van der Waals surface area contributed by atoms with Gasteiger partial charge in [-0.15, -0.1) is 11.3 Å². The summed E-state index contributed by atoms with van der Waals surface area (Å²) >= 11 is 1.64. The van der Waals surface area contributed by atoms with E-state index < -0.39 is 5.60 Å². The molecule has 0 bridgehead atoms. The SMILES string of the molecule is CC(C)NC1CCc2ccccc2C(O)(c2cccs2)C1. The van der Waals surface area contributed by atoms with E-state index in [1.165, 1.54) is 5.56 Å². The number of nitrogens with one attached hydrogen (secondary N) is 1. The molecule has 0 radical (unpaired) electrons. The highest BCUT2D eigenvalue weighted by Crippen LogP contribution is 2.41. The molecule has 0 saturated carbocycles. The van der Waals surface area contributed by atoms with Gasteiger partial charge < -0.3 is 10.4 Å². The molecule has 112 valence electrons. The molecule has 2 nitrogen and oxygen atoms in total. The van der Waals surface area contributed by atoms with Gasteiger partial charge in [0.1, 0.15) is 5.60 Å². The molecule has 0 fully saturated rings. The molecule has 21 heavy (non-hydrogen) atoms. The zero-order chi connectivity index (χ0) is 14.9. The lowest BCUT2D eigenvalue weighted by Gasteiger charge is -2.31. The first-order valence-corrected chi connectivity index (χ1v) is 8.58. The molecule has 2 aromatic rings. The zero-order valence-corrected chi connectivity index (χ0v) is 13.5. The second-order valence-corrected chi connectivity index (χ2v) is 7.20. The molecule has 0 saturated heterocycles. The average molecular weight is 301 g/mol. The molecule has 1 aliphatic carbocycles. The molecule has 1 aromatic heterocycles. The number of rotatable bonds is 3. The van der Waals surface area contributed by atoms with Gasteiger partial charge in [0, 0.05) is 23.4 Å². The van der Waals surface area contributed by atoms with Gasteiger partial charge in [0.25, 0.3) is 0 Å². The van der Waals surface area contributed by atoms with Crippen molar-refractivity contribution in [2.24, 2.45) is 0 Å². The highest BCUT2D eigenvalue weighted by Gasteiger charge is 2.39. The summed E-state index contributed by atoms with van der Waals surface area (Å²) in [4.78, 5) is 1.05.